The van der Waals surface area contributed by atoms with Gasteiger partial charge in [0.2, 0.25) is 5.91 Å². The first-order valence-corrected chi connectivity index (χ1v) is 6.99. The zero-order chi connectivity index (χ0) is 14.7. The van der Waals surface area contributed by atoms with Crippen molar-refractivity contribution in [2.24, 2.45) is 0 Å². The maximum Gasteiger partial charge on any atom is 0.239 e. The first-order chi connectivity index (χ1) is 9.54. The highest BCUT2D eigenvalue weighted by Crippen LogP contribution is 2.24. The van der Waals surface area contributed by atoms with Gasteiger partial charge in [0, 0.05) is 25.7 Å². The second-order valence-corrected chi connectivity index (χ2v) is 5.35. The molecule has 1 atom stereocenters. The van der Waals surface area contributed by atoms with Gasteiger partial charge in [0.1, 0.15) is 17.7 Å². The molecule has 110 valence electrons. The number of benzene rings is 1. The van der Waals surface area contributed by atoms with Crippen LogP contribution in [0.25, 0.3) is 0 Å². The van der Waals surface area contributed by atoms with Gasteiger partial charge in [0.25, 0.3) is 0 Å². The summed E-state index contributed by atoms with van der Waals surface area (Å²) in [6.45, 7) is 1.13. The van der Waals surface area contributed by atoms with Crippen LogP contribution in [0.4, 0.5) is 8.78 Å². The molecule has 1 aliphatic rings. The Balaban J connectivity index is 2.23. The summed E-state index contributed by atoms with van der Waals surface area (Å²) >= 11 is 3.04. The van der Waals surface area contributed by atoms with Gasteiger partial charge in [-0.1, -0.05) is 0 Å². The van der Waals surface area contributed by atoms with Crippen molar-refractivity contribution in [2.75, 3.05) is 26.8 Å². The SMILES string of the molecule is CNC(=O)C1COCCN1Cc1c(F)ccc(Br)c1F. The Kier molecular flexibility index (Phi) is 5.06. The number of rotatable bonds is 3. The molecule has 7 heteroatoms. The fraction of sp³-hybridized carbons (Fsp3) is 0.462. The van der Waals surface area contributed by atoms with Crippen LogP contribution >= 0.6 is 15.9 Å². The number of carbonyl (C=O) groups is 1. The molecule has 20 heavy (non-hydrogen) atoms. The second-order valence-electron chi connectivity index (χ2n) is 4.50. The van der Waals surface area contributed by atoms with Crippen LogP contribution in [0.5, 0.6) is 0 Å². The van der Waals surface area contributed by atoms with Crippen LogP contribution in [0.3, 0.4) is 0 Å². The number of morpholine rings is 1. The maximum absolute atomic E-state index is 14.0. The quantitative estimate of drug-likeness (QED) is 0.845. The Labute approximate surface area is 124 Å². The van der Waals surface area contributed by atoms with Crippen LogP contribution in [0.1, 0.15) is 5.56 Å². The van der Waals surface area contributed by atoms with Gasteiger partial charge in [-0.25, -0.2) is 8.78 Å². The van der Waals surface area contributed by atoms with E-state index < -0.39 is 17.7 Å². The van der Waals surface area contributed by atoms with Gasteiger partial charge in [0.15, 0.2) is 0 Å². The first-order valence-electron chi connectivity index (χ1n) is 6.20. The van der Waals surface area contributed by atoms with E-state index in [9.17, 15) is 13.6 Å². The zero-order valence-electron chi connectivity index (χ0n) is 11.0. The molecular weight excluding hydrogens is 334 g/mol. The van der Waals surface area contributed by atoms with Crippen molar-refractivity contribution in [1.82, 2.24) is 10.2 Å². The molecule has 1 aromatic rings. The fourth-order valence-electron chi connectivity index (χ4n) is 2.15. The molecule has 1 saturated heterocycles. The van der Waals surface area contributed by atoms with E-state index in [0.29, 0.717) is 13.2 Å². The molecule has 1 N–H and O–H groups in total. The third-order valence-corrected chi connectivity index (χ3v) is 3.90. The van der Waals surface area contributed by atoms with E-state index in [4.69, 9.17) is 4.74 Å². The van der Waals surface area contributed by atoms with Crippen LogP contribution in [0, 0.1) is 11.6 Å². The molecule has 4 nitrogen and oxygen atoms in total. The third kappa shape index (κ3) is 3.16. The van der Waals surface area contributed by atoms with Gasteiger partial charge in [-0.3, -0.25) is 9.69 Å². The van der Waals surface area contributed by atoms with E-state index in [-0.39, 0.29) is 29.1 Å². The normalized spacial score (nSPS) is 19.9. The summed E-state index contributed by atoms with van der Waals surface area (Å²) in [5.41, 5.74) is -0.0461. The molecule has 1 fully saturated rings. The highest BCUT2D eigenvalue weighted by atomic mass is 79.9. The number of amides is 1. The molecule has 0 bridgehead atoms. The molecule has 0 aromatic heterocycles. The van der Waals surface area contributed by atoms with Crippen molar-refractivity contribution in [3.05, 3.63) is 33.8 Å². The van der Waals surface area contributed by atoms with Crippen molar-refractivity contribution < 1.29 is 18.3 Å². The minimum Gasteiger partial charge on any atom is -0.378 e. The van der Waals surface area contributed by atoms with E-state index in [1.807, 2.05) is 0 Å². The van der Waals surface area contributed by atoms with Crippen LogP contribution < -0.4 is 5.32 Å². The average molecular weight is 349 g/mol. The standard InChI is InChI=1S/C13H15BrF2N2O2/c1-17-13(19)11-7-20-5-4-18(11)6-8-10(15)3-2-9(14)12(8)16/h2-3,11H,4-7H2,1H3,(H,17,19). The Bertz CT molecular complexity index is 513. The number of nitrogens with one attached hydrogen (secondary N) is 1. The van der Waals surface area contributed by atoms with E-state index >= 15 is 0 Å². The number of carbonyl (C=O) groups excluding carboxylic acids is 1. The second kappa shape index (κ2) is 6.60. The van der Waals surface area contributed by atoms with Crippen LogP contribution in [-0.2, 0) is 16.1 Å². The number of ether oxygens (including phenoxy) is 1. The monoisotopic (exact) mass is 348 g/mol. The maximum atomic E-state index is 14.0. The molecule has 1 aromatic carbocycles. The summed E-state index contributed by atoms with van der Waals surface area (Å²) < 4.78 is 33.2. The fourth-order valence-corrected chi connectivity index (χ4v) is 2.52. The number of hydrogen-bond donors (Lipinski definition) is 1. The molecule has 1 heterocycles. The van der Waals surface area contributed by atoms with Crippen molar-refractivity contribution in [3.63, 3.8) is 0 Å². The minimum atomic E-state index is -0.632. The largest absolute Gasteiger partial charge is 0.378 e. The number of nitrogens with zero attached hydrogens (tertiary/aromatic N) is 1. The van der Waals surface area contributed by atoms with Crippen LogP contribution in [-0.4, -0.2) is 43.7 Å². The predicted molar refractivity (Wildman–Crippen MR) is 73.1 cm³/mol. The first kappa shape index (κ1) is 15.3. The number of halogens is 3. The number of likely N-dealkylation sites (N-methyl/N-ethyl adjacent to an activating group) is 1. The van der Waals surface area contributed by atoms with Gasteiger partial charge in [0.05, 0.1) is 17.7 Å². The summed E-state index contributed by atoms with van der Waals surface area (Å²) in [6.07, 6.45) is 0. The molecule has 0 spiro atoms. The average Bonchev–Trinajstić information content (AvgIpc) is 2.47. The summed E-state index contributed by atoms with van der Waals surface area (Å²) in [5, 5.41) is 2.53. The topological polar surface area (TPSA) is 41.6 Å². The van der Waals surface area contributed by atoms with Gasteiger partial charge in [-0.2, -0.15) is 0 Å². The molecule has 0 radical (unpaired) electrons. The lowest BCUT2D eigenvalue weighted by atomic mass is 10.1. The Morgan fingerprint density at radius 2 is 2.30 bits per heavy atom. The Morgan fingerprint density at radius 1 is 1.55 bits per heavy atom. The Hall–Kier alpha value is -1.05. The molecule has 1 amide bonds. The third-order valence-electron chi connectivity index (χ3n) is 3.29. The Morgan fingerprint density at radius 3 is 3.00 bits per heavy atom. The summed E-state index contributed by atoms with van der Waals surface area (Å²) in [7, 11) is 1.52. The lowest BCUT2D eigenvalue weighted by molar-refractivity contribution is -0.132. The van der Waals surface area contributed by atoms with Crippen molar-refractivity contribution in [1.29, 1.82) is 0 Å². The van der Waals surface area contributed by atoms with Gasteiger partial charge in [-0.15, -0.1) is 0 Å². The van der Waals surface area contributed by atoms with Crippen molar-refractivity contribution >= 4 is 21.8 Å². The van der Waals surface area contributed by atoms with Crippen LogP contribution in [0.15, 0.2) is 16.6 Å². The highest BCUT2D eigenvalue weighted by molar-refractivity contribution is 9.10. The van der Waals surface area contributed by atoms with Gasteiger partial charge < -0.3 is 10.1 Å². The molecule has 2 rings (SSSR count). The summed E-state index contributed by atoms with van der Waals surface area (Å²) in [6, 6.07) is 1.99. The predicted octanol–water partition coefficient (Wildman–Crippen LogP) is 1.67. The van der Waals surface area contributed by atoms with E-state index in [0.717, 1.165) is 0 Å². The van der Waals surface area contributed by atoms with Crippen molar-refractivity contribution in [2.45, 2.75) is 12.6 Å². The van der Waals surface area contributed by atoms with Crippen molar-refractivity contribution in [3.8, 4) is 0 Å². The lowest BCUT2D eigenvalue weighted by Gasteiger charge is -2.34. The van der Waals surface area contributed by atoms with Gasteiger partial charge in [-0.05, 0) is 28.1 Å². The van der Waals surface area contributed by atoms with Gasteiger partial charge >= 0.3 is 0 Å². The molecule has 0 saturated carbocycles. The summed E-state index contributed by atoms with van der Waals surface area (Å²) in [4.78, 5) is 13.5. The number of hydrogen-bond acceptors (Lipinski definition) is 3. The molecule has 1 unspecified atom stereocenters. The zero-order valence-corrected chi connectivity index (χ0v) is 12.5. The lowest BCUT2D eigenvalue weighted by Crippen LogP contribution is -2.52. The molecular formula is C13H15BrF2N2O2. The smallest absolute Gasteiger partial charge is 0.239 e. The molecule has 1 aliphatic heterocycles. The minimum absolute atomic E-state index is 0.0263. The van der Waals surface area contributed by atoms with E-state index in [2.05, 4.69) is 21.2 Å². The molecule has 0 aliphatic carbocycles. The summed E-state index contributed by atoms with van der Waals surface area (Å²) in [5.74, 6) is -1.47. The van der Waals surface area contributed by atoms with E-state index in [1.165, 1.54) is 19.2 Å². The highest BCUT2D eigenvalue weighted by Gasteiger charge is 2.30. The van der Waals surface area contributed by atoms with Crippen LogP contribution in [0.2, 0.25) is 0 Å². The van der Waals surface area contributed by atoms with E-state index in [1.54, 1.807) is 4.90 Å².